The average molecular weight is 486 g/mol. The van der Waals surface area contributed by atoms with Crippen molar-refractivity contribution in [3.05, 3.63) is 41.3 Å². The Morgan fingerprint density at radius 1 is 1.11 bits per heavy atom. The number of nitrogens with zero attached hydrogens (tertiary/aromatic N) is 1. The number of hydrogen-bond acceptors (Lipinski definition) is 5. The molecule has 1 saturated carbocycles. The summed E-state index contributed by atoms with van der Waals surface area (Å²) in [7, 11) is 0. The highest BCUT2D eigenvalue weighted by Gasteiger charge is 2.31. The molecule has 0 aliphatic heterocycles. The van der Waals surface area contributed by atoms with Gasteiger partial charge in [0.2, 0.25) is 5.89 Å². The van der Waals surface area contributed by atoms with E-state index in [-0.39, 0.29) is 5.92 Å². The molecule has 1 aromatic heterocycles. The van der Waals surface area contributed by atoms with Gasteiger partial charge in [-0.25, -0.2) is 9.78 Å². The van der Waals surface area contributed by atoms with Crippen LogP contribution >= 0.6 is 0 Å². The Hall–Kier alpha value is -2.18. The van der Waals surface area contributed by atoms with Crippen molar-refractivity contribution in [1.29, 1.82) is 0 Å². The van der Waals surface area contributed by atoms with E-state index in [2.05, 4.69) is 52.0 Å². The fraction of sp³-hybridized carbons (Fsp3) is 0.655. The molecule has 1 aliphatic rings. The van der Waals surface area contributed by atoms with Crippen molar-refractivity contribution < 1.29 is 23.8 Å². The van der Waals surface area contributed by atoms with E-state index in [0.717, 1.165) is 49.1 Å². The number of ether oxygens (including phenoxy) is 2. The largest absolute Gasteiger partial charge is 0.479 e. The lowest BCUT2D eigenvalue weighted by Gasteiger charge is -2.31. The summed E-state index contributed by atoms with van der Waals surface area (Å²) in [5.74, 6) is 2.29. The molecule has 194 valence electrons. The Labute approximate surface area is 210 Å². The van der Waals surface area contributed by atoms with Crippen LogP contribution in [0.25, 0.3) is 11.5 Å². The predicted molar refractivity (Wildman–Crippen MR) is 137 cm³/mol. The van der Waals surface area contributed by atoms with E-state index >= 15 is 0 Å². The Balaban J connectivity index is 1.55. The number of oxazole rings is 1. The van der Waals surface area contributed by atoms with Crippen LogP contribution in [0.15, 0.2) is 28.7 Å². The van der Waals surface area contributed by atoms with E-state index in [9.17, 15) is 9.90 Å². The molecule has 1 aromatic carbocycles. The van der Waals surface area contributed by atoms with Crippen LogP contribution in [0, 0.1) is 17.8 Å². The van der Waals surface area contributed by atoms with E-state index in [1.165, 1.54) is 5.56 Å². The molecule has 1 aliphatic carbocycles. The van der Waals surface area contributed by atoms with Gasteiger partial charge in [0.1, 0.15) is 11.5 Å². The second-order valence-electron chi connectivity index (χ2n) is 11.3. The zero-order valence-electron chi connectivity index (χ0n) is 22.3. The van der Waals surface area contributed by atoms with Crippen LogP contribution in [0.4, 0.5) is 0 Å². The third kappa shape index (κ3) is 7.91. The van der Waals surface area contributed by atoms with Crippen molar-refractivity contribution >= 4 is 5.97 Å². The predicted octanol–water partition coefficient (Wildman–Crippen LogP) is 6.87. The number of carboxylic acid groups (broad SMARTS) is 1. The molecule has 1 N–H and O–H groups in total. The highest BCUT2D eigenvalue weighted by atomic mass is 16.5. The summed E-state index contributed by atoms with van der Waals surface area (Å²) >= 11 is 0. The summed E-state index contributed by atoms with van der Waals surface area (Å²) in [6.07, 6.45) is 5.38. The average Bonchev–Trinajstić information content (AvgIpc) is 3.23. The molecule has 0 spiro atoms. The van der Waals surface area contributed by atoms with Gasteiger partial charge < -0.3 is 19.0 Å². The van der Waals surface area contributed by atoms with Gasteiger partial charge in [-0.15, -0.1) is 0 Å². The standard InChI is InChI=1S/C29H43NO5/c1-19(2)14-21-10-12-24(13-11-21)27-30-25(26(35-27)20(3)4)18-33-16-22-8-7-9-23(15-22)17-34-29(5,6)28(31)32/h10-13,19-20,22-23H,7-9,14-18H2,1-6H3,(H,31,32)/t22?,23-/m1/s1. The summed E-state index contributed by atoms with van der Waals surface area (Å²) < 4.78 is 18.0. The van der Waals surface area contributed by atoms with Gasteiger partial charge in [-0.3, -0.25) is 0 Å². The van der Waals surface area contributed by atoms with Crippen LogP contribution in [-0.2, 0) is 27.3 Å². The molecule has 0 amide bonds. The Morgan fingerprint density at radius 2 is 1.77 bits per heavy atom. The first-order valence-electron chi connectivity index (χ1n) is 13.1. The number of aromatic nitrogens is 1. The van der Waals surface area contributed by atoms with Gasteiger partial charge in [0.15, 0.2) is 5.60 Å². The number of aliphatic carboxylic acids is 1. The highest BCUT2D eigenvalue weighted by Crippen LogP contribution is 2.32. The summed E-state index contributed by atoms with van der Waals surface area (Å²) in [4.78, 5) is 16.1. The van der Waals surface area contributed by atoms with Crippen LogP contribution < -0.4 is 0 Å². The maximum absolute atomic E-state index is 11.3. The number of hydrogen-bond donors (Lipinski definition) is 1. The van der Waals surface area contributed by atoms with Crippen LogP contribution in [0.3, 0.4) is 0 Å². The zero-order valence-corrected chi connectivity index (χ0v) is 22.3. The number of carbonyl (C=O) groups is 1. The van der Waals surface area contributed by atoms with Crippen molar-refractivity contribution in [2.75, 3.05) is 13.2 Å². The number of benzene rings is 1. The van der Waals surface area contributed by atoms with Crippen molar-refractivity contribution in [2.45, 2.75) is 91.8 Å². The van der Waals surface area contributed by atoms with E-state index in [1.54, 1.807) is 13.8 Å². The van der Waals surface area contributed by atoms with E-state index in [1.807, 2.05) is 0 Å². The minimum absolute atomic E-state index is 0.226. The SMILES string of the molecule is CC(C)Cc1ccc(-c2nc(COCC3CCC[C@@H](COC(C)(C)C(=O)O)C3)c(C(C)C)o2)cc1. The molecule has 2 aromatic rings. The highest BCUT2D eigenvalue weighted by molar-refractivity contribution is 5.76. The minimum atomic E-state index is -1.14. The molecule has 6 heteroatoms. The van der Waals surface area contributed by atoms with Gasteiger partial charge in [0, 0.05) is 18.1 Å². The van der Waals surface area contributed by atoms with Gasteiger partial charge in [-0.1, -0.05) is 46.2 Å². The van der Waals surface area contributed by atoms with Crippen molar-refractivity contribution in [3.63, 3.8) is 0 Å². The van der Waals surface area contributed by atoms with Gasteiger partial charge in [-0.05, 0) is 75.0 Å². The van der Waals surface area contributed by atoms with Gasteiger partial charge >= 0.3 is 5.97 Å². The Morgan fingerprint density at radius 3 is 2.37 bits per heavy atom. The number of carboxylic acids is 1. The third-order valence-electron chi connectivity index (χ3n) is 6.78. The van der Waals surface area contributed by atoms with Gasteiger partial charge in [-0.2, -0.15) is 0 Å². The first kappa shape index (κ1) is 27.4. The molecule has 3 rings (SSSR count). The monoisotopic (exact) mass is 485 g/mol. The maximum Gasteiger partial charge on any atom is 0.335 e. The van der Waals surface area contributed by atoms with E-state index in [0.29, 0.717) is 43.5 Å². The topological polar surface area (TPSA) is 81.8 Å². The lowest BCUT2D eigenvalue weighted by atomic mass is 9.82. The van der Waals surface area contributed by atoms with Gasteiger partial charge in [0.25, 0.3) is 0 Å². The molecule has 6 nitrogen and oxygen atoms in total. The first-order valence-corrected chi connectivity index (χ1v) is 13.1. The lowest BCUT2D eigenvalue weighted by molar-refractivity contribution is -0.163. The fourth-order valence-electron chi connectivity index (χ4n) is 4.71. The third-order valence-corrected chi connectivity index (χ3v) is 6.78. The fourth-order valence-corrected chi connectivity index (χ4v) is 4.71. The summed E-state index contributed by atoms with van der Waals surface area (Å²) in [6.45, 7) is 13.5. The molecule has 1 unspecified atom stereocenters. The Bertz CT molecular complexity index is 944. The van der Waals surface area contributed by atoms with Crippen LogP contribution in [0.2, 0.25) is 0 Å². The minimum Gasteiger partial charge on any atom is -0.479 e. The van der Waals surface area contributed by atoms with Crippen LogP contribution in [-0.4, -0.2) is 34.9 Å². The van der Waals surface area contributed by atoms with Crippen molar-refractivity contribution in [2.24, 2.45) is 17.8 Å². The van der Waals surface area contributed by atoms with Gasteiger partial charge in [0.05, 0.1) is 13.2 Å². The van der Waals surface area contributed by atoms with Crippen LogP contribution in [0.1, 0.15) is 90.2 Å². The van der Waals surface area contributed by atoms with Crippen molar-refractivity contribution in [3.8, 4) is 11.5 Å². The maximum atomic E-state index is 11.3. The smallest absolute Gasteiger partial charge is 0.335 e. The zero-order chi connectivity index (χ0) is 25.6. The molecule has 1 fully saturated rings. The van der Waals surface area contributed by atoms with E-state index in [4.69, 9.17) is 18.9 Å². The molecular formula is C29H43NO5. The molecule has 0 radical (unpaired) electrons. The van der Waals surface area contributed by atoms with E-state index < -0.39 is 11.6 Å². The molecule has 0 bridgehead atoms. The first-order chi connectivity index (χ1) is 16.5. The molecule has 0 saturated heterocycles. The second kappa shape index (κ2) is 12.2. The summed E-state index contributed by atoms with van der Waals surface area (Å²) in [5.41, 5.74) is 2.05. The molecular weight excluding hydrogens is 442 g/mol. The molecule has 1 heterocycles. The number of rotatable bonds is 12. The molecule has 2 atom stereocenters. The summed E-state index contributed by atoms with van der Waals surface area (Å²) in [5, 5.41) is 9.27. The summed E-state index contributed by atoms with van der Waals surface area (Å²) in [6, 6.07) is 8.50. The molecule has 35 heavy (non-hydrogen) atoms. The second-order valence-corrected chi connectivity index (χ2v) is 11.3. The Kier molecular flexibility index (Phi) is 9.54. The lowest BCUT2D eigenvalue weighted by Crippen LogP contribution is -2.37. The quantitative estimate of drug-likeness (QED) is 0.353. The normalized spacial score (nSPS) is 19.0. The van der Waals surface area contributed by atoms with Crippen molar-refractivity contribution in [1.82, 2.24) is 4.98 Å². The van der Waals surface area contributed by atoms with Crippen LogP contribution in [0.5, 0.6) is 0 Å².